The number of fused-ring (bicyclic) bond motifs is 1. The first-order chi connectivity index (χ1) is 8.74. The second-order valence-corrected chi connectivity index (χ2v) is 6.46. The van der Waals surface area contributed by atoms with E-state index >= 15 is 0 Å². The number of hydrogen-bond acceptors (Lipinski definition) is 2. The molecule has 0 amide bonds. The third kappa shape index (κ3) is 2.43. The van der Waals surface area contributed by atoms with Crippen LogP contribution in [0.25, 0.3) is 0 Å². The van der Waals surface area contributed by atoms with Crippen molar-refractivity contribution in [2.75, 3.05) is 18.4 Å². The van der Waals surface area contributed by atoms with Crippen LogP contribution < -0.4 is 5.32 Å². The summed E-state index contributed by atoms with van der Waals surface area (Å²) in [5.41, 5.74) is 2.58. The highest BCUT2D eigenvalue weighted by atomic mass is 79.9. The number of nitrogens with zero attached hydrogens (tertiary/aromatic N) is 1. The molecule has 2 nitrogen and oxygen atoms in total. The van der Waals surface area contributed by atoms with Crippen molar-refractivity contribution in [3.8, 4) is 0 Å². The fraction of sp³-hybridized carbons (Fsp3) is 0.600. The molecule has 0 spiro atoms. The fourth-order valence-corrected chi connectivity index (χ4v) is 3.61. The molecule has 1 N–H and O–H groups in total. The van der Waals surface area contributed by atoms with Gasteiger partial charge in [0.2, 0.25) is 0 Å². The van der Waals surface area contributed by atoms with Crippen molar-refractivity contribution in [3.63, 3.8) is 0 Å². The van der Waals surface area contributed by atoms with Gasteiger partial charge < -0.3 is 5.32 Å². The largest absolute Gasteiger partial charge is 0.381 e. The minimum Gasteiger partial charge on any atom is -0.381 e. The number of rotatable bonds is 2. The Labute approximate surface area is 118 Å². The van der Waals surface area contributed by atoms with E-state index < -0.39 is 0 Å². The summed E-state index contributed by atoms with van der Waals surface area (Å²) in [5, 5.41) is 3.75. The van der Waals surface area contributed by atoms with Crippen LogP contribution in [-0.2, 0) is 0 Å². The van der Waals surface area contributed by atoms with E-state index in [2.05, 4.69) is 51.3 Å². The third-order valence-electron chi connectivity index (χ3n) is 4.37. The van der Waals surface area contributed by atoms with Gasteiger partial charge in [-0.2, -0.15) is 0 Å². The van der Waals surface area contributed by atoms with Crippen LogP contribution in [0.1, 0.15) is 31.2 Å². The summed E-state index contributed by atoms with van der Waals surface area (Å²) in [6, 6.07) is 7.98. The molecule has 2 atom stereocenters. The van der Waals surface area contributed by atoms with Crippen LogP contribution in [0.3, 0.4) is 0 Å². The van der Waals surface area contributed by atoms with Gasteiger partial charge in [0.25, 0.3) is 0 Å². The Morgan fingerprint density at radius 1 is 1.22 bits per heavy atom. The molecule has 0 bridgehead atoms. The molecule has 1 aromatic carbocycles. The molecule has 0 radical (unpaired) electrons. The van der Waals surface area contributed by atoms with Gasteiger partial charge in [0.1, 0.15) is 0 Å². The molecule has 0 saturated carbocycles. The fourth-order valence-electron chi connectivity index (χ4n) is 3.36. The second-order valence-electron chi connectivity index (χ2n) is 5.60. The van der Waals surface area contributed by atoms with Gasteiger partial charge in [0, 0.05) is 28.8 Å². The van der Waals surface area contributed by atoms with E-state index in [0.29, 0.717) is 6.04 Å². The van der Waals surface area contributed by atoms with Gasteiger partial charge in [-0.1, -0.05) is 22.4 Å². The van der Waals surface area contributed by atoms with Crippen LogP contribution in [0, 0.1) is 6.92 Å². The lowest BCUT2D eigenvalue weighted by Gasteiger charge is -2.33. The average Bonchev–Trinajstić information content (AvgIpc) is 2.78. The topological polar surface area (TPSA) is 15.3 Å². The number of piperidine rings is 1. The van der Waals surface area contributed by atoms with Gasteiger partial charge in [0.15, 0.2) is 0 Å². The Bertz CT molecular complexity index is 433. The molecule has 18 heavy (non-hydrogen) atoms. The first kappa shape index (κ1) is 12.5. The lowest BCUT2D eigenvalue weighted by atomic mass is 9.99. The third-order valence-corrected chi connectivity index (χ3v) is 5.26. The van der Waals surface area contributed by atoms with E-state index in [0.717, 1.165) is 6.04 Å². The van der Waals surface area contributed by atoms with Gasteiger partial charge >= 0.3 is 0 Å². The Kier molecular flexibility index (Phi) is 3.62. The van der Waals surface area contributed by atoms with Crippen LogP contribution in [0.5, 0.6) is 0 Å². The molecule has 1 aromatic rings. The number of hydrogen-bond donors (Lipinski definition) is 1. The minimum atomic E-state index is 0.644. The lowest BCUT2D eigenvalue weighted by Crippen LogP contribution is -2.41. The van der Waals surface area contributed by atoms with Crippen molar-refractivity contribution < 1.29 is 0 Å². The second kappa shape index (κ2) is 5.22. The summed E-state index contributed by atoms with van der Waals surface area (Å²) in [4.78, 5) is 2.67. The van der Waals surface area contributed by atoms with Gasteiger partial charge in [-0.25, -0.2) is 0 Å². The standard InChI is InChI=1S/C15H21BrN2/c1-11-10-12(5-6-13(11)16)17-14-7-9-18-8-3-2-4-15(14)18/h5-6,10,14-15,17H,2-4,7-9H2,1H3. The quantitative estimate of drug-likeness (QED) is 0.894. The predicted molar refractivity (Wildman–Crippen MR) is 80.1 cm³/mol. The summed E-state index contributed by atoms with van der Waals surface area (Å²) in [6.45, 7) is 4.73. The predicted octanol–water partition coefficient (Wildman–Crippen LogP) is 3.80. The van der Waals surface area contributed by atoms with Gasteiger partial charge in [-0.3, -0.25) is 4.90 Å². The summed E-state index contributed by atoms with van der Waals surface area (Å²) in [7, 11) is 0. The maximum atomic E-state index is 3.75. The van der Waals surface area contributed by atoms with E-state index in [1.54, 1.807) is 0 Å². The SMILES string of the molecule is Cc1cc(NC2CCN3CCCCC23)ccc1Br. The zero-order valence-electron chi connectivity index (χ0n) is 11.0. The number of anilines is 1. The Balaban J connectivity index is 1.70. The molecular formula is C15H21BrN2. The monoisotopic (exact) mass is 308 g/mol. The Hall–Kier alpha value is -0.540. The van der Waals surface area contributed by atoms with Crippen molar-refractivity contribution in [1.29, 1.82) is 0 Å². The van der Waals surface area contributed by atoms with E-state index in [1.807, 2.05) is 0 Å². The summed E-state index contributed by atoms with van der Waals surface area (Å²) < 4.78 is 1.19. The van der Waals surface area contributed by atoms with Crippen molar-refractivity contribution in [1.82, 2.24) is 4.90 Å². The zero-order valence-corrected chi connectivity index (χ0v) is 12.5. The maximum Gasteiger partial charge on any atom is 0.0429 e. The number of nitrogens with one attached hydrogen (secondary N) is 1. The highest BCUT2D eigenvalue weighted by molar-refractivity contribution is 9.10. The molecule has 2 aliphatic heterocycles. The van der Waals surface area contributed by atoms with Gasteiger partial charge in [0.05, 0.1) is 0 Å². The molecule has 98 valence electrons. The van der Waals surface area contributed by atoms with Gasteiger partial charge in [-0.05, 0) is 56.5 Å². The molecule has 0 aliphatic carbocycles. The highest BCUT2D eigenvalue weighted by Crippen LogP contribution is 2.30. The number of aryl methyl sites for hydroxylation is 1. The van der Waals surface area contributed by atoms with Crippen LogP contribution in [0.4, 0.5) is 5.69 Å². The molecule has 3 heteroatoms. The van der Waals surface area contributed by atoms with E-state index in [1.165, 1.54) is 54.5 Å². The summed E-state index contributed by atoms with van der Waals surface area (Å²) in [6.07, 6.45) is 5.45. The maximum absolute atomic E-state index is 3.75. The zero-order chi connectivity index (χ0) is 12.5. The summed E-state index contributed by atoms with van der Waals surface area (Å²) in [5.74, 6) is 0. The van der Waals surface area contributed by atoms with Crippen molar-refractivity contribution in [2.45, 2.75) is 44.7 Å². The molecule has 2 aliphatic rings. The molecule has 3 rings (SSSR count). The normalized spacial score (nSPS) is 28.1. The van der Waals surface area contributed by atoms with Crippen LogP contribution in [0.15, 0.2) is 22.7 Å². The van der Waals surface area contributed by atoms with Crippen LogP contribution in [0.2, 0.25) is 0 Å². The summed E-state index contributed by atoms with van der Waals surface area (Å²) >= 11 is 3.56. The Morgan fingerprint density at radius 2 is 2.11 bits per heavy atom. The number of benzene rings is 1. The van der Waals surface area contributed by atoms with Crippen LogP contribution in [-0.4, -0.2) is 30.1 Å². The van der Waals surface area contributed by atoms with Crippen LogP contribution >= 0.6 is 15.9 Å². The first-order valence-corrected chi connectivity index (χ1v) is 7.80. The lowest BCUT2D eigenvalue weighted by molar-refractivity contribution is 0.193. The smallest absolute Gasteiger partial charge is 0.0429 e. The molecular weight excluding hydrogens is 288 g/mol. The first-order valence-electron chi connectivity index (χ1n) is 7.01. The Morgan fingerprint density at radius 3 is 2.94 bits per heavy atom. The molecule has 0 aromatic heterocycles. The highest BCUT2D eigenvalue weighted by Gasteiger charge is 2.35. The molecule has 2 saturated heterocycles. The van der Waals surface area contributed by atoms with E-state index in [4.69, 9.17) is 0 Å². The molecule has 2 unspecified atom stereocenters. The van der Waals surface area contributed by atoms with E-state index in [9.17, 15) is 0 Å². The molecule has 2 heterocycles. The average molecular weight is 309 g/mol. The van der Waals surface area contributed by atoms with Crippen molar-refractivity contribution in [3.05, 3.63) is 28.2 Å². The molecule has 2 fully saturated rings. The van der Waals surface area contributed by atoms with Gasteiger partial charge in [-0.15, -0.1) is 0 Å². The minimum absolute atomic E-state index is 0.644. The van der Waals surface area contributed by atoms with E-state index in [-0.39, 0.29) is 0 Å². The van der Waals surface area contributed by atoms with Crippen molar-refractivity contribution >= 4 is 21.6 Å². The number of halogens is 1. The van der Waals surface area contributed by atoms with Crippen molar-refractivity contribution in [2.24, 2.45) is 0 Å².